The molecule has 0 aliphatic carbocycles. The Bertz CT molecular complexity index is 687. The summed E-state index contributed by atoms with van der Waals surface area (Å²) < 4.78 is 30.6. The van der Waals surface area contributed by atoms with Crippen molar-refractivity contribution in [3.05, 3.63) is 47.7 Å². The first kappa shape index (κ1) is 15.0. The first-order chi connectivity index (χ1) is 9.95. The van der Waals surface area contributed by atoms with E-state index in [4.69, 9.17) is 9.52 Å². The van der Waals surface area contributed by atoms with Crippen LogP contribution in [0.5, 0.6) is 0 Å². The van der Waals surface area contributed by atoms with Crippen LogP contribution >= 0.6 is 11.8 Å². The van der Waals surface area contributed by atoms with Crippen molar-refractivity contribution in [1.82, 2.24) is 0 Å². The van der Waals surface area contributed by atoms with Gasteiger partial charge in [-0.25, -0.2) is 13.6 Å². The monoisotopic (exact) mass is 313 g/mol. The van der Waals surface area contributed by atoms with Gasteiger partial charge in [0.25, 0.3) is 0 Å². The van der Waals surface area contributed by atoms with Gasteiger partial charge in [-0.1, -0.05) is 11.8 Å². The van der Waals surface area contributed by atoms with E-state index in [1.54, 1.807) is 0 Å². The number of nitrogens with one attached hydrogen (secondary N) is 1. The number of hydrogen-bond donors (Lipinski definition) is 2. The van der Waals surface area contributed by atoms with E-state index in [9.17, 15) is 18.4 Å². The lowest BCUT2D eigenvalue weighted by Crippen LogP contribution is -2.14. The minimum absolute atomic E-state index is 0.0639. The van der Waals surface area contributed by atoms with Gasteiger partial charge < -0.3 is 14.8 Å². The van der Waals surface area contributed by atoms with E-state index in [0.29, 0.717) is 0 Å². The summed E-state index contributed by atoms with van der Waals surface area (Å²) in [5.41, 5.74) is 0.130. The number of aromatic carboxylic acids is 1. The number of benzene rings is 1. The number of hydrogen-bond acceptors (Lipinski definition) is 4. The zero-order valence-electron chi connectivity index (χ0n) is 10.4. The molecule has 1 amide bonds. The molecular formula is C13H9F2NO4S. The van der Waals surface area contributed by atoms with Crippen molar-refractivity contribution < 1.29 is 27.9 Å². The summed E-state index contributed by atoms with van der Waals surface area (Å²) in [6.45, 7) is 0. The van der Waals surface area contributed by atoms with Crippen LogP contribution in [0.4, 0.5) is 14.5 Å². The maximum Gasteiger partial charge on any atom is 0.371 e. The maximum absolute atomic E-state index is 13.0. The summed E-state index contributed by atoms with van der Waals surface area (Å²) in [7, 11) is 0. The third kappa shape index (κ3) is 4.06. The number of furan rings is 1. The Morgan fingerprint density at radius 1 is 1.19 bits per heavy atom. The quantitative estimate of drug-likeness (QED) is 0.830. The van der Waals surface area contributed by atoms with Gasteiger partial charge in [0.2, 0.25) is 11.7 Å². The van der Waals surface area contributed by atoms with E-state index in [-0.39, 0.29) is 22.3 Å². The van der Waals surface area contributed by atoms with E-state index >= 15 is 0 Å². The van der Waals surface area contributed by atoms with E-state index in [1.807, 2.05) is 0 Å². The Kier molecular flexibility index (Phi) is 4.59. The minimum Gasteiger partial charge on any atom is -0.475 e. The number of amides is 1. The number of carbonyl (C=O) groups excluding carboxylic acids is 1. The molecule has 0 atom stereocenters. The maximum atomic E-state index is 13.0. The van der Waals surface area contributed by atoms with Crippen LogP contribution < -0.4 is 5.32 Å². The fourth-order valence-electron chi connectivity index (χ4n) is 1.42. The number of halogens is 2. The fourth-order valence-corrected chi connectivity index (χ4v) is 2.08. The molecule has 2 N–H and O–H groups in total. The van der Waals surface area contributed by atoms with Gasteiger partial charge in [0.15, 0.2) is 16.7 Å². The smallest absolute Gasteiger partial charge is 0.371 e. The highest BCUT2D eigenvalue weighted by atomic mass is 32.2. The number of anilines is 1. The van der Waals surface area contributed by atoms with E-state index < -0.39 is 23.5 Å². The van der Waals surface area contributed by atoms with E-state index in [0.717, 1.165) is 23.9 Å². The molecule has 0 unspecified atom stereocenters. The van der Waals surface area contributed by atoms with Gasteiger partial charge in [0, 0.05) is 11.8 Å². The molecule has 0 fully saturated rings. The average molecular weight is 313 g/mol. The average Bonchev–Trinajstić information content (AvgIpc) is 2.90. The Hall–Kier alpha value is -2.35. The zero-order chi connectivity index (χ0) is 15.4. The van der Waals surface area contributed by atoms with Crippen LogP contribution in [0, 0.1) is 11.6 Å². The van der Waals surface area contributed by atoms with E-state index in [2.05, 4.69) is 5.32 Å². The van der Waals surface area contributed by atoms with Crippen molar-refractivity contribution in [1.29, 1.82) is 0 Å². The first-order valence-corrected chi connectivity index (χ1v) is 6.65. The lowest BCUT2D eigenvalue weighted by molar-refractivity contribution is -0.113. The summed E-state index contributed by atoms with van der Waals surface area (Å²) in [6, 6.07) is 5.71. The van der Waals surface area contributed by atoms with Gasteiger partial charge in [0.05, 0.1) is 5.75 Å². The largest absolute Gasteiger partial charge is 0.475 e. The van der Waals surface area contributed by atoms with Gasteiger partial charge in [-0.2, -0.15) is 0 Å². The van der Waals surface area contributed by atoms with Crippen LogP contribution in [0.1, 0.15) is 10.6 Å². The molecule has 0 spiro atoms. The zero-order valence-corrected chi connectivity index (χ0v) is 11.2. The Morgan fingerprint density at radius 3 is 2.57 bits per heavy atom. The van der Waals surface area contributed by atoms with Gasteiger partial charge >= 0.3 is 5.97 Å². The molecule has 2 rings (SSSR count). The summed E-state index contributed by atoms with van der Waals surface area (Å²) >= 11 is 0.983. The normalized spacial score (nSPS) is 10.4. The second-order valence-electron chi connectivity index (χ2n) is 3.89. The second kappa shape index (κ2) is 6.40. The van der Waals surface area contributed by atoms with Crippen molar-refractivity contribution in [3.63, 3.8) is 0 Å². The summed E-state index contributed by atoms with van der Waals surface area (Å²) in [5, 5.41) is 11.3. The third-order valence-corrected chi connectivity index (χ3v) is 3.25. The topological polar surface area (TPSA) is 79.5 Å². The van der Waals surface area contributed by atoms with E-state index in [1.165, 1.54) is 18.2 Å². The van der Waals surface area contributed by atoms with Crippen molar-refractivity contribution in [2.75, 3.05) is 11.1 Å². The van der Waals surface area contributed by atoms with Crippen molar-refractivity contribution in [2.24, 2.45) is 0 Å². The van der Waals surface area contributed by atoms with Crippen molar-refractivity contribution in [3.8, 4) is 0 Å². The Labute approximate surface area is 121 Å². The first-order valence-electron chi connectivity index (χ1n) is 5.66. The summed E-state index contributed by atoms with van der Waals surface area (Å²) in [6.07, 6.45) is 0. The van der Waals surface area contributed by atoms with Gasteiger partial charge in [-0.05, 0) is 24.3 Å². The highest BCUT2D eigenvalue weighted by molar-refractivity contribution is 7.99. The lowest BCUT2D eigenvalue weighted by atomic mass is 10.3. The summed E-state index contributed by atoms with van der Waals surface area (Å²) in [4.78, 5) is 22.2. The molecule has 2 aromatic rings. The van der Waals surface area contributed by atoms with Crippen LogP contribution in [0.2, 0.25) is 0 Å². The lowest BCUT2D eigenvalue weighted by Gasteiger charge is -2.04. The molecular weight excluding hydrogens is 304 g/mol. The highest BCUT2D eigenvalue weighted by Gasteiger charge is 2.11. The molecule has 5 nitrogen and oxygen atoms in total. The number of carboxylic acids is 1. The SMILES string of the molecule is O=C(CSc1ccc(C(=O)O)o1)Nc1ccc(F)c(F)c1. The predicted molar refractivity (Wildman–Crippen MR) is 71.4 cm³/mol. The Morgan fingerprint density at radius 2 is 1.95 bits per heavy atom. The molecule has 1 aromatic carbocycles. The van der Waals surface area contributed by atoms with Crippen LogP contribution in [0.15, 0.2) is 39.8 Å². The van der Waals surface area contributed by atoms with Crippen LogP contribution in [0.3, 0.4) is 0 Å². The highest BCUT2D eigenvalue weighted by Crippen LogP contribution is 2.21. The number of rotatable bonds is 5. The Balaban J connectivity index is 1.89. The van der Waals surface area contributed by atoms with Gasteiger partial charge in [-0.3, -0.25) is 4.79 Å². The molecule has 0 radical (unpaired) electrons. The predicted octanol–water partition coefficient (Wildman–Crippen LogP) is 2.99. The molecule has 0 saturated heterocycles. The molecule has 1 aromatic heterocycles. The fraction of sp³-hybridized carbons (Fsp3) is 0.0769. The van der Waals surface area contributed by atoms with Gasteiger partial charge in [-0.15, -0.1) is 0 Å². The number of thioether (sulfide) groups is 1. The van der Waals surface area contributed by atoms with Crippen molar-refractivity contribution >= 4 is 29.3 Å². The van der Waals surface area contributed by atoms with Crippen LogP contribution in [0.25, 0.3) is 0 Å². The minimum atomic E-state index is -1.20. The molecule has 110 valence electrons. The summed E-state index contributed by atoms with van der Waals surface area (Å²) in [5.74, 6) is -4.01. The van der Waals surface area contributed by atoms with Gasteiger partial charge in [0.1, 0.15) is 0 Å². The molecule has 0 aliphatic heterocycles. The van der Waals surface area contributed by atoms with Crippen LogP contribution in [-0.4, -0.2) is 22.7 Å². The molecule has 1 heterocycles. The van der Waals surface area contributed by atoms with Crippen LogP contribution in [-0.2, 0) is 4.79 Å². The molecule has 0 saturated carbocycles. The molecule has 21 heavy (non-hydrogen) atoms. The molecule has 8 heteroatoms. The van der Waals surface area contributed by atoms with Crippen molar-refractivity contribution in [2.45, 2.75) is 5.09 Å². The molecule has 0 bridgehead atoms. The number of carbonyl (C=O) groups is 2. The number of carboxylic acid groups (broad SMARTS) is 1. The molecule has 0 aliphatic rings. The third-order valence-electron chi connectivity index (χ3n) is 2.34. The standard InChI is InChI=1S/C13H9F2NO4S/c14-8-2-1-7(5-9(8)15)16-11(17)6-21-12-4-3-10(20-12)13(18)19/h1-5H,6H2,(H,16,17)(H,18,19). The second-order valence-corrected chi connectivity index (χ2v) is 4.87.